The molecule has 1 heterocycles. The molecule has 199 valence electrons. The number of hydrogen-bond acceptors (Lipinski definition) is 11. The molecule has 1 radical (unpaired) electrons. The quantitative estimate of drug-likeness (QED) is 0.271. The zero-order valence-corrected chi connectivity index (χ0v) is 21.4. The summed E-state index contributed by atoms with van der Waals surface area (Å²) in [4.78, 5) is -0.0346. The van der Waals surface area contributed by atoms with Crippen molar-refractivity contribution >= 4 is 20.2 Å². The predicted molar refractivity (Wildman–Crippen MR) is 125 cm³/mol. The molecule has 2 unspecified atom stereocenters. The SMILES string of the molecule is CCO[CH]OC1C(OC)[C@H](COS(=O)(=O)c2ccccc2)OCO[C@H]1COS(=O)(=O)c1ccccc1. The van der Waals surface area contributed by atoms with Gasteiger partial charge in [-0.3, -0.25) is 8.37 Å². The van der Waals surface area contributed by atoms with Crippen LogP contribution in [0.15, 0.2) is 70.5 Å². The van der Waals surface area contributed by atoms with E-state index in [1.54, 1.807) is 43.3 Å². The lowest BCUT2D eigenvalue weighted by atomic mass is 10.0. The Kier molecular flexibility index (Phi) is 10.8. The zero-order valence-electron chi connectivity index (χ0n) is 19.8. The minimum atomic E-state index is -4.08. The van der Waals surface area contributed by atoms with E-state index in [0.717, 1.165) is 6.79 Å². The van der Waals surface area contributed by atoms with Crippen LogP contribution >= 0.6 is 0 Å². The number of methoxy groups -OCH3 is 1. The molecule has 11 nitrogen and oxygen atoms in total. The van der Waals surface area contributed by atoms with Gasteiger partial charge in [0.05, 0.1) is 23.0 Å². The first-order chi connectivity index (χ1) is 17.3. The molecule has 0 aromatic heterocycles. The molecule has 0 aliphatic carbocycles. The lowest BCUT2D eigenvalue weighted by molar-refractivity contribution is -0.142. The molecule has 13 heteroatoms. The molecule has 2 aromatic carbocycles. The van der Waals surface area contributed by atoms with Crippen molar-refractivity contribution in [2.24, 2.45) is 0 Å². The molecule has 36 heavy (non-hydrogen) atoms. The van der Waals surface area contributed by atoms with Crippen molar-refractivity contribution in [3.8, 4) is 0 Å². The zero-order chi connectivity index (χ0) is 26.0. The lowest BCUT2D eigenvalue weighted by Crippen LogP contribution is -2.49. The highest BCUT2D eigenvalue weighted by Gasteiger charge is 2.42. The van der Waals surface area contributed by atoms with Gasteiger partial charge in [0.1, 0.15) is 31.2 Å². The highest BCUT2D eigenvalue weighted by Crippen LogP contribution is 2.25. The molecular formula is C23H29O11S2. The van der Waals surface area contributed by atoms with Crippen LogP contribution in [0.1, 0.15) is 6.92 Å². The summed E-state index contributed by atoms with van der Waals surface area (Å²) >= 11 is 0. The molecule has 2 aromatic rings. The first-order valence-corrected chi connectivity index (χ1v) is 13.8. The van der Waals surface area contributed by atoms with Gasteiger partial charge in [0.15, 0.2) is 0 Å². The van der Waals surface area contributed by atoms with E-state index in [2.05, 4.69) is 0 Å². The van der Waals surface area contributed by atoms with Gasteiger partial charge in [-0.25, -0.2) is 0 Å². The predicted octanol–water partition coefficient (Wildman–Crippen LogP) is 2.09. The smallest absolute Gasteiger partial charge is 0.297 e. The fraction of sp³-hybridized carbons (Fsp3) is 0.435. The molecule has 0 amide bonds. The number of rotatable bonds is 13. The lowest BCUT2D eigenvalue weighted by Gasteiger charge is -2.31. The Bertz CT molecular complexity index is 1130. The van der Waals surface area contributed by atoms with E-state index in [9.17, 15) is 16.8 Å². The van der Waals surface area contributed by atoms with Crippen LogP contribution in [0.2, 0.25) is 0 Å². The third-order valence-corrected chi connectivity index (χ3v) is 7.77. The number of hydrogen-bond donors (Lipinski definition) is 0. The third-order valence-electron chi connectivity index (χ3n) is 5.18. The molecule has 0 bridgehead atoms. The Balaban J connectivity index is 1.74. The first kappa shape index (κ1) is 28.6. The summed E-state index contributed by atoms with van der Waals surface area (Å²) in [7, 11) is -6.78. The standard InChI is InChI=1S/C23H29O11S2/c1-3-29-16-32-23-21(15-34-36(26,27)19-12-8-5-9-13-19)31-17-30-20(22(23)28-2)14-33-35(24,25)18-10-6-4-7-11-18/h4-13,16,20-23H,3,14-15,17H2,1-2H3/t20-,21-,22?,23?/m0/s1. The van der Waals surface area contributed by atoms with E-state index in [0.29, 0.717) is 6.61 Å². The Morgan fingerprint density at radius 3 is 1.72 bits per heavy atom. The molecule has 1 aliphatic heterocycles. The highest BCUT2D eigenvalue weighted by molar-refractivity contribution is 7.87. The molecule has 3 rings (SSSR count). The van der Waals surface area contributed by atoms with E-state index < -0.39 is 57.9 Å². The van der Waals surface area contributed by atoms with E-state index in [4.69, 9.17) is 32.1 Å². The monoisotopic (exact) mass is 545 g/mol. The summed E-state index contributed by atoms with van der Waals surface area (Å²) in [6.45, 7) is 1.96. The summed E-state index contributed by atoms with van der Waals surface area (Å²) < 4.78 is 88.4. The Morgan fingerprint density at radius 1 is 0.806 bits per heavy atom. The van der Waals surface area contributed by atoms with Crippen LogP contribution in [0, 0.1) is 6.79 Å². The van der Waals surface area contributed by atoms with Gasteiger partial charge in [-0.15, -0.1) is 0 Å². The highest BCUT2D eigenvalue weighted by atomic mass is 32.2. The molecule has 4 atom stereocenters. The van der Waals surface area contributed by atoms with E-state index in [1.807, 2.05) is 0 Å². The third kappa shape index (κ3) is 7.78. The molecule has 0 spiro atoms. The maximum atomic E-state index is 12.6. The summed E-state index contributed by atoms with van der Waals surface area (Å²) in [5, 5.41) is 0. The number of benzene rings is 2. The van der Waals surface area contributed by atoms with Crippen molar-refractivity contribution in [2.45, 2.75) is 41.1 Å². The summed E-state index contributed by atoms with van der Waals surface area (Å²) in [6, 6.07) is 15.3. The van der Waals surface area contributed by atoms with Gasteiger partial charge >= 0.3 is 0 Å². The van der Waals surface area contributed by atoms with Gasteiger partial charge in [0.25, 0.3) is 20.2 Å². The van der Waals surface area contributed by atoms with Crippen molar-refractivity contribution in [1.82, 2.24) is 0 Å². The van der Waals surface area contributed by atoms with Crippen LogP contribution in [-0.4, -0.2) is 75.0 Å². The Hall–Kier alpha value is -1.94. The molecule has 1 fully saturated rings. The van der Waals surface area contributed by atoms with Crippen LogP contribution in [0.25, 0.3) is 0 Å². The van der Waals surface area contributed by atoms with E-state index in [1.165, 1.54) is 31.4 Å². The normalized spacial score (nSPS) is 23.3. The van der Waals surface area contributed by atoms with Crippen molar-refractivity contribution in [3.63, 3.8) is 0 Å². The summed E-state index contributed by atoms with van der Waals surface area (Å²) in [6.07, 6.45) is -3.88. The maximum Gasteiger partial charge on any atom is 0.297 e. The van der Waals surface area contributed by atoms with Gasteiger partial charge in [0, 0.05) is 13.7 Å². The van der Waals surface area contributed by atoms with Crippen LogP contribution in [0.3, 0.4) is 0 Å². The molecular weight excluding hydrogens is 516 g/mol. The fourth-order valence-corrected chi connectivity index (χ4v) is 5.24. The molecule has 0 N–H and O–H groups in total. The number of ether oxygens (including phenoxy) is 5. The first-order valence-electron chi connectivity index (χ1n) is 11.0. The average Bonchev–Trinajstić information content (AvgIpc) is 3.06. The largest absolute Gasteiger partial charge is 0.376 e. The van der Waals surface area contributed by atoms with Gasteiger partial charge < -0.3 is 23.7 Å². The second-order valence-electron chi connectivity index (χ2n) is 7.48. The van der Waals surface area contributed by atoms with Crippen molar-refractivity contribution < 1.29 is 48.9 Å². The van der Waals surface area contributed by atoms with Crippen molar-refractivity contribution in [2.75, 3.05) is 33.7 Å². The van der Waals surface area contributed by atoms with E-state index >= 15 is 0 Å². The van der Waals surface area contributed by atoms with Crippen molar-refractivity contribution in [1.29, 1.82) is 0 Å². The topological polar surface area (TPSA) is 133 Å². The minimum Gasteiger partial charge on any atom is -0.376 e. The van der Waals surface area contributed by atoms with Crippen LogP contribution in [0.5, 0.6) is 0 Å². The van der Waals surface area contributed by atoms with Gasteiger partial charge in [0.2, 0.25) is 6.79 Å². The van der Waals surface area contributed by atoms with Gasteiger partial charge in [-0.05, 0) is 31.2 Å². The molecule has 1 saturated heterocycles. The summed E-state index contributed by atoms with van der Waals surface area (Å²) in [5.74, 6) is 0. The van der Waals surface area contributed by atoms with Crippen LogP contribution in [-0.2, 0) is 52.3 Å². The fourth-order valence-electron chi connectivity index (χ4n) is 3.36. The second-order valence-corrected chi connectivity index (χ2v) is 10.7. The van der Waals surface area contributed by atoms with Gasteiger partial charge in [-0.2, -0.15) is 16.8 Å². The average molecular weight is 546 g/mol. The van der Waals surface area contributed by atoms with E-state index in [-0.39, 0.29) is 16.6 Å². The van der Waals surface area contributed by atoms with Crippen molar-refractivity contribution in [3.05, 3.63) is 67.5 Å². The van der Waals surface area contributed by atoms with Gasteiger partial charge in [-0.1, -0.05) is 36.4 Å². The summed E-state index contributed by atoms with van der Waals surface area (Å²) in [5.41, 5.74) is 0. The molecule has 0 saturated carbocycles. The second kappa shape index (κ2) is 13.6. The van der Waals surface area contributed by atoms with Crippen LogP contribution < -0.4 is 0 Å². The Morgan fingerprint density at radius 2 is 1.28 bits per heavy atom. The maximum absolute atomic E-state index is 12.6. The minimum absolute atomic E-state index is 0.0151. The van der Waals surface area contributed by atoms with Crippen LogP contribution in [0.4, 0.5) is 0 Å². The molecule has 1 aliphatic rings. The Labute approximate surface area is 211 Å².